The Morgan fingerprint density at radius 2 is 1.80 bits per heavy atom. The maximum Gasteiger partial charge on any atom is 0.0325 e. The predicted molar refractivity (Wildman–Crippen MR) is 88.8 cm³/mol. The van der Waals surface area contributed by atoms with E-state index < -0.39 is 0 Å². The van der Waals surface area contributed by atoms with Gasteiger partial charge in [-0.2, -0.15) is 0 Å². The molecule has 1 aromatic rings. The summed E-state index contributed by atoms with van der Waals surface area (Å²) in [5, 5.41) is 0. The molecule has 1 saturated heterocycles. The molecule has 1 aliphatic heterocycles. The largest absolute Gasteiger partial charge is 0.399 e. The van der Waals surface area contributed by atoms with Crippen LogP contribution in [0, 0.1) is 0 Å². The van der Waals surface area contributed by atoms with Crippen molar-refractivity contribution in [3.63, 3.8) is 0 Å². The lowest BCUT2D eigenvalue weighted by Gasteiger charge is -2.35. The van der Waals surface area contributed by atoms with Crippen molar-refractivity contribution in [1.82, 2.24) is 14.7 Å². The van der Waals surface area contributed by atoms with Crippen molar-refractivity contribution in [3.8, 4) is 0 Å². The molecule has 0 atom stereocenters. The van der Waals surface area contributed by atoms with E-state index >= 15 is 0 Å². The third-order valence-electron chi connectivity index (χ3n) is 3.80. The van der Waals surface area contributed by atoms with Crippen LogP contribution < -0.4 is 5.73 Å². The van der Waals surface area contributed by atoms with Crippen LogP contribution in [-0.2, 0) is 6.54 Å². The second kappa shape index (κ2) is 7.41. The standard InChI is InChI=1S/C15H25BrN4/c1-18(2)5-6-19-7-9-20(10-8-19)12-13-3-4-14(17)11-15(13)16/h3-4,11H,5-10,12,17H2,1-2H3. The fourth-order valence-corrected chi connectivity index (χ4v) is 2.97. The van der Waals surface area contributed by atoms with Crippen molar-refractivity contribution in [2.75, 3.05) is 59.1 Å². The maximum absolute atomic E-state index is 5.78. The first kappa shape index (κ1) is 15.8. The van der Waals surface area contributed by atoms with Gasteiger partial charge in [-0.05, 0) is 31.8 Å². The minimum atomic E-state index is 0.814. The number of nitrogens with two attached hydrogens (primary N) is 1. The summed E-state index contributed by atoms with van der Waals surface area (Å²) >= 11 is 3.60. The molecule has 0 bridgehead atoms. The molecule has 5 heteroatoms. The topological polar surface area (TPSA) is 35.7 Å². The van der Waals surface area contributed by atoms with Crippen molar-refractivity contribution < 1.29 is 0 Å². The zero-order valence-electron chi connectivity index (χ0n) is 12.5. The van der Waals surface area contributed by atoms with Gasteiger partial charge in [0.05, 0.1) is 0 Å². The number of nitrogens with zero attached hydrogens (tertiary/aromatic N) is 3. The Balaban J connectivity index is 1.79. The smallest absolute Gasteiger partial charge is 0.0325 e. The van der Waals surface area contributed by atoms with Crippen LogP contribution in [0.15, 0.2) is 22.7 Å². The van der Waals surface area contributed by atoms with Gasteiger partial charge in [-0.1, -0.05) is 22.0 Å². The highest BCUT2D eigenvalue weighted by molar-refractivity contribution is 9.10. The minimum absolute atomic E-state index is 0.814. The lowest BCUT2D eigenvalue weighted by atomic mass is 10.2. The van der Waals surface area contributed by atoms with E-state index in [1.54, 1.807) is 0 Å². The monoisotopic (exact) mass is 340 g/mol. The Hall–Kier alpha value is -0.620. The van der Waals surface area contributed by atoms with Gasteiger partial charge in [0.2, 0.25) is 0 Å². The highest BCUT2D eigenvalue weighted by Crippen LogP contribution is 2.21. The molecule has 0 radical (unpaired) electrons. The van der Waals surface area contributed by atoms with Gasteiger partial charge in [-0.15, -0.1) is 0 Å². The lowest BCUT2D eigenvalue weighted by Crippen LogP contribution is -2.47. The number of nitrogen functional groups attached to an aromatic ring is 1. The Morgan fingerprint density at radius 1 is 1.15 bits per heavy atom. The first-order valence-corrected chi connectivity index (χ1v) is 7.97. The highest BCUT2D eigenvalue weighted by Gasteiger charge is 2.17. The van der Waals surface area contributed by atoms with Crippen LogP contribution in [0.2, 0.25) is 0 Å². The van der Waals surface area contributed by atoms with E-state index in [0.717, 1.165) is 36.3 Å². The SMILES string of the molecule is CN(C)CCN1CCN(Cc2ccc(N)cc2Br)CC1. The van der Waals surface area contributed by atoms with Crippen LogP contribution in [0.25, 0.3) is 0 Å². The van der Waals surface area contributed by atoms with Crippen molar-refractivity contribution in [1.29, 1.82) is 0 Å². The summed E-state index contributed by atoms with van der Waals surface area (Å²) in [5.74, 6) is 0. The van der Waals surface area contributed by atoms with Gasteiger partial charge in [-0.3, -0.25) is 9.80 Å². The first-order valence-electron chi connectivity index (χ1n) is 7.18. The van der Waals surface area contributed by atoms with Gasteiger partial charge in [0.25, 0.3) is 0 Å². The molecule has 4 nitrogen and oxygen atoms in total. The molecular weight excluding hydrogens is 316 g/mol. The molecule has 0 aromatic heterocycles. The zero-order chi connectivity index (χ0) is 14.5. The minimum Gasteiger partial charge on any atom is -0.399 e. The zero-order valence-corrected chi connectivity index (χ0v) is 14.1. The molecule has 2 N–H and O–H groups in total. The van der Waals surface area contributed by atoms with Crippen LogP contribution >= 0.6 is 15.9 Å². The van der Waals surface area contributed by atoms with Crippen LogP contribution in [0.3, 0.4) is 0 Å². The number of hydrogen-bond acceptors (Lipinski definition) is 4. The molecule has 2 rings (SSSR count). The van der Waals surface area contributed by atoms with Gasteiger partial charge in [0.15, 0.2) is 0 Å². The molecule has 0 unspecified atom stereocenters. The van der Waals surface area contributed by atoms with Crippen molar-refractivity contribution in [3.05, 3.63) is 28.2 Å². The van der Waals surface area contributed by atoms with E-state index in [4.69, 9.17) is 5.73 Å². The van der Waals surface area contributed by atoms with E-state index in [2.05, 4.69) is 50.8 Å². The molecule has 20 heavy (non-hydrogen) atoms. The van der Waals surface area contributed by atoms with Gasteiger partial charge >= 0.3 is 0 Å². The predicted octanol–water partition coefficient (Wildman–Crippen LogP) is 1.71. The fraction of sp³-hybridized carbons (Fsp3) is 0.600. The van der Waals surface area contributed by atoms with Gasteiger partial charge in [0.1, 0.15) is 0 Å². The summed E-state index contributed by atoms with van der Waals surface area (Å²) in [4.78, 5) is 7.31. The molecule has 0 saturated carbocycles. The third kappa shape index (κ3) is 4.74. The normalized spacial score (nSPS) is 17.8. The van der Waals surface area contributed by atoms with Crippen molar-refractivity contribution >= 4 is 21.6 Å². The third-order valence-corrected chi connectivity index (χ3v) is 4.54. The molecule has 1 heterocycles. The summed E-state index contributed by atoms with van der Waals surface area (Å²) in [5.41, 5.74) is 7.92. The number of halogens is 1. The van der Waals surface area contributed by atoms with E-state index in [9.17, 15) is 0 Å². The van der Waals surface area contributed by atoms with Crippen LogP contribution in [0.1, 0.15) is 5.56 Å². The van der Waals surface area contributed by atoms with Gasteiger partial charge < -0.3 is 10.6 Å². The number of anilines is 1. The Labute approximate surface area is 130 Å². The lowest BCUT2D eigenvalue weighted by molar-refractivity contribution is 0.120. The molecule has 1 aliphatic rings. The second-order valence-corrected chi connectivity index (χ2v) is 6.63. The van der Waals surface area contributed by atoms with Crippen molar-refractivity contribution in [2.45, 2.75) is 6.54 Å². The molecule has 0 aliphatic carbocycles. The summed E-state index contributed by atoms with van der Waals surface area (Å²) in [6, 6.07) is 6.09. The Bertz CT molecular complexity index is 428. The highest BCUT2D eigenvalue weighted by atomic mass is 79.9. The summed E-state index contributed by atoms with van der Waals surface area (Å²) in [7, 11) is 4.27. The molecule has 0 amide bonds. The average Bonchev–Trinajstić information content (AvgIpc) is 2.41. The molecule has 1 aromatic carbocycles. The number of piperazine rings is 1. The summed E-state index contributed by atoms with van der Waals surface area (Å²) < 4.78 is 1.12. The molecule has 0 spiro atoms. The summed E-state index contributed by atoms with van der Waals surface area (Å²) in [6.45, 7) is 7.94. The quantitative estimate of drug-likeness (QED) is 0.828. The first-order chi connectivity index (χ1) is 9.54. The maximum atomic E-state index is 5.78. The number of benzene rings is 1. The Kier molecular flexibility index (Phi) is 5.84. The van der Waals surface area contributed by atoms with Crippen molar-refractivity contribution in [2.24, 2.45) is 0 Å². The number of likely N-dealkylation sites (N-methyl/N-ethyl adjacent to an activating group) is 1. The van der Waals surface area contributed by atoms with Crippen LogP contribution in [0.4, 0.5) is 5.69 Å². The van der Waals surface area contributed by atoms with E-state index in [1.165, 1.54) is 25.2 Å². The fourth-order valence-electron chi connectivity index (χ4n) is 2.45. The average molecular weight is 341 g/mol. The Morgan fingerprint density at radius 3 is 2.40 bits per heavy atom. The van der Waals surface area contributed by atoms with Gasteiger partial charge in [0, 0.05) is 56.0 Å². The molecular formula is C15H25BrN4. The number of hydrogen-bond donors (Lipinski definition) is 1. The van der Waals surface area contributed by atoms with Gasteiger partial charge in [-0.25, -0.2) is 0 Å². The van der Waals surface area contributed by atoms with E-state index in [1.807, 2.05) is 12.1 Å². The molecule has 112 valence electrons. The number of rotatable bonds is 5. The molecule has 1 fully saturated rings. The van der Waals surface area contributed by atoms with Crippen LogP contribution in [0.5, 0.6) is 0 Å². The second-order valence-electron chi connectivity index (χ2n) is 5.77. The summed E-state index contributed by atoms with van der Waals surface area (Å²) in [6.07, 6.45) is 0. The van der Waals surface area contributed by atoms with E-state index in [-0.39, 0.29) is 0 Å². The van der Waals surface area contributed by atoms with E-state index in [0.29, 0.717) is 0 Å². The van der Waals surface area contributed by atoms with Crippen LogP contribution in [-0.4, -0.2) is 68.1 Å².